The van der Waals surface area contributed by atoms with Crippen LogP contribution in [0, 0.1) is 0 Å². The van der Waals surface area contributed by atoms with Gasteiger partial charge in [-0.2, -0.15) is 0 Å². The van der Waals surface area contributed by atoms with Crippen LogP contribution in [0.4, 0.5) is 0 Å². The molecule has 0 aliphatic rings. The molecular weight excluding hydrogens is 911 g/mol. The van der Waals surface area contributed by atoms with E-state index in [1.165, 1.54) is 289 Å². The summed E-state index contributed by atoms with van der Waals surface area (Å²) in [6.45, 7) is 4.96. The van der Waals surface area contributed by atoms with E-state index in [9.17, 15) is 19.8 Å². The second kappa shape index (κ2) is 63.9. The predicted octanol–water partition coefficient (Wildman–Crippen LogP) is 21.4. The van der Waals surface area contributed by atoms with Gasteiger partial charge in [0, 0.05) is 12.8 Å². The number of allylic oxidation sites excluding steroid dienone is 4. The van der Waals surface area contributed by atoms with E-state index in [1.54, 1.807) is 0 Å². The van der Waals surface area contributed by atoms with Gasteiger partial charge in [0.05, 0.1) is 25.4 Å². The van der Waals surface area contributed by atoms with Crippen LogP contribution >= 0.6 is 0 Å². The summed E-state index contributed by atoms with van der Waals surface area (Å²) in [5.74, 6) is -0.0375. The average Bonchev–Trinajstić information content (AvgIpc) is 3.40. The maximum atomic E-state index is 12.5. The molecule has 438 valence electrons. The van der Waals surface area contributed by atoms with Gasteiger partial charge in [0.1, 0.15) is 0 Å². The number of carbonyl (C=O) groups excluding carboxylic acids is 2. The second-order valence-electron chi connectivity index (χ2n) is 23.2. The van der Waals surface area contributed by atoms with Gasteiger partial charge in [-0.15, -0.1) is 0 Å². The van der Waals surface area contributed by atoms with E-state index in [1.807, 2.05) is 0 Å². The van der Waals surface area contributed by atoms with Crippen molar-refractivity contribution in [1.29, 1.82) is 0 Å². The maximum Gasteiger partial charge on any atom is 0.305 e. The molecule has 0 fully saturated rings. The summed E-state index contributed by atoms with van der Waals surface area (Å²) in [5, 5.41) is 23.4. The normalized spacial score (nSPS) is 12.6. The van der Waals surface area contributed by atoms with Crippen molar-refractivity contribution in [3.05, 3.63) is 24.3 Å². The maximum absolute atomic E-state index is 12.5. The van der Waals surface area contributed by atoms with Crippen molar-refractivity contribution < 1.29 is 24.5 Å². The Balaban J connectivity index is 3.40. The number of aliphatic hydroxyl groups excluding tert-OH is 2. The number of carbonyl (C=O) groups is 2. The van der Waals surface area contributed by atoms with Crippen LogP contribution in [0.5, 0.6) is 0 Å². The average molecular weight is 1040 g/mol. The molecule has 0 aromatic carbocycles. The lowest BCUT2D eigenvalue weighted by atomic mass is 10.0. The first-order valence-electron chi connectivity index (χ1n) is 33.6. The van der Waals surface area contributed by atoms with Gasteiger partial charge in [-0.3, -0.25) is 9.59 Å². The van der Waals surface area contributed by atoms with Gasteiger partial charge in [0.2, 0.25) is 5.91 Å². The molecule has 2 unspecified atom stereocenters. The highest BCUT2D eigenvalue weighted by molar-refractivity contribution is 5.76. The standard InChI is InChI=1S/C68H131NO5/c1-3-5-7-9-11-13-15-17-19-21-22-23-24-26-29-32-36-40-44-48-52-56-60-66(71)65(64-70)69-67(72)61-57-53-49-45-41-37-33-30-27-25-28-31-35-39-43-47-51-55-59-63-74-68(73)62-58-54-50-46-42-38-34-20-18-16-14-12-10-8-6-4-2/h14,16,20,34,65-66,70-71H,3-13,15,17-19,21-33,35-64H2,1-2H3,(H,69,72)/b16-14-,34-20-. The second-order valence-corrected chi connectivity index (χ2v) is 23.2. The summed E-state index contributed by atoms with van der Waals surface area (Å²) in [6, 6.07) is -0.545. The van der Waals surface area contributed by atoms with Crippen molar-refractivity contribution in [3.8, 4) is 0 Å². The molecule has 3 N–H and O–H groups in total. The molecule has 0 saturated carbocycles. The number of hydrogen-bond donors (Lipinski definition) is 3. The first kappa shape index (κ1) is 72.3. The third-order valence-corrected chi connectivity index (χ3v) is 15.8. The number of amides is 1. The van der Waals surface area contributed by atoms with Crippen LogP contribution in [0.3, 0.4) is 0 Å². The minimum Gasteiger partial charge on any atom is -0.466 e. The van der Waals surface area contributed by atoms with Crippen LogP contribution < -0.4 is 5.32 Å². The van der Waals surface area contributed by atoms with Crippen LogP contribution in [0.1, 0.15) is 373 Å². The Hall–Kier alpha value is -1.66. The van der Waals surface area contributed by atoms with Gasteiger partial charge >= 0.3 is 5.97 Å². The first-order chi connectivity index (χ1) is 36.5. The van der Waals surface area contributed by atoms with Crippen molar-refractivity contribution in [3.63, 3.8) is 0 Å². The topological polar surface area (TPSA) is 95.9 Å². The molecule has 0 aromatic heterocycles. The molecule has 0 aliphatic heterocycles. The Morgan fingerprint density at radius 3 is 1.04 bits per heavy atom. The third kappa shape index (κ3) is 59.6. The zero-order valence-electron chi connectivity index (χ0n) is 50.1. The Morgan fingerprint density at radius 2 is 0.676 bits per heavy atom. The van der Waals surface area contributed by atoms with E-state index in [-0.39, 0.29) is 18.5 Å². The van der Waals surface area contributed by atoms with E-state index in [4.69, 9.17) is 4.74 Å². The third-order valence-electron chi connectivity index (χ3n) is 15.8. The Labute approximate surface area is 462 Å². The Morgan fingerprint density at radius 1 is 0.378 bits per heavy atom. The molecule has 2 atom stereocenters. The van der Waals surface area contributed by atoms with Crippen molar-refractivity contribution in [2.45, 2.75) is 386 Å². The lowest BCUT2D eigenvalue weighted by Crippen LogP contribution is -2.45. The SMILES string of the molecule is CCCCCC/C=C\C/C=C\CCCCCCCC(=O)OCCCCCCCCCCCCCCCCCCCCCC(=O)NC(CO)C(O)CCCCCCCCCCCCCCCCCCCCCCCC. The molecular formula is C68H131NO5. The molecule has 0 radical (unpaired) electrons. The van der Waals surface area contributed by atoms with Crippen LogP contribution in [-0.4, -0.2) is 47.4 Å². The lowest BCUT2D eigenvalue weighted by Gasteiger charge is -2.22. The summed E-state index contributed by atoms with van der Waals surface area (Å²) in [5.41, 5.74) is 0. The molecule has 0 spiro atoms. The van der Waals surface area contributed by atoms with Gasteiger partial charge in [0.25, 0.3) is 0 Å². The molecule has 0 bridgehead atoms. The van der Waals surface area contributed by atoms with E-state index in [0.29, 0.717) is 25.9 Å². The fourth-order valence-corrected chi connectivity index (χ4v) is 10.6. The smallest absolute Gasteiger partial charge is 0.305 e. The van der Waals surface area contributed by atoms with Gasteiger partial charge < -0.3 is 20.3 Å². The molecule has 0 saturated heterocycles. The van der Waals surface area contributed by atoms with Crippen LogP contribution in [-0.2, 0) is 14.3 Å². The quantitative estimate of drug-likeness (QED) is 0.0320. The van der Waals surface area contributed by atoms with Gasteiger partial charge in [-0.1, -0.05) is 327 Å². The highest BCUT2D eigenvalue weighted by atomic mass is 16.5. The molecule has 74 heavy (non-hydrogen) atoms. The fourth-order valence-electron chi connectivity index (χ4n) is 10.6. The summed E-state index contributed by atoms with van der Waals surface area (Å²) in [6.07, 6.45) is 79.1. The predicted molar refractivity (Wildman–Crippen MR) is 324 cm³/mol. The summed E-state index contributed by atoms with van der Waals surface area (Å²) >= 11 is 0. The van der Waals surface area contributed by atoms with Crippen LogP contribution in [0.25, 0.3) is 0 Å². The molecule has 0 heterocycles. The van der Waals surface area contributed by atoms with Crippen molar-refractivity contribution in [2.75, 3.05) is 13.2 Å². The Kier molecular flexibility index (Phi) is 62.4. The monoisotopic (exact) mass is 1040 g/mol. The largest absolute Gasteiger partial charge is 0.466 e. The lowest BCUT2D eigenvalue weighted by molar-refractivity contribution is -0.143. The van der Waals surface area contributed by atoms with Crippen LogP contribution in [0.2, 0.25) is 0 Å². The number of esters is 1. The molecule has 0 aliphatic carbocycles. The molecule has 6 heteroatoms. The van der Waals surface area contributed by atoms with Gasteiger partial charge in [-0.25, -0.2) is 0 Å². The molecule has 6 nitrogen and oxygen atoms in total. The van der Waals surface area contributed by atoms with E-state index < -0.39 is 12.1 Å². The zero-order chi connectivity index (χ0) is 53.6. The minimum atomic E-state index is -0.668. The summed E-state index contributed by atoms with van der Waals surface area (Å²) in [7, 11) is 0. The van der Waals surface area contributed by atoms with Gasteiger partial charge in [-0.05, 0) is 57.8 Å². The van der Waals surface area contributed by atoms with E-state index >= 15 is 0 Å². The molecule has 0 aromatic rings. The number of rotatable bonds is 63. The highest BCUT2D eigenvalue weighted by Crippen LogP contribution is 2.19. The van der Waals surface area contributed by atoms with Crippen molar-refractivity contribution >= 4 is 11.9 Å². The highest BCUT2D eigenvalue weighted by Gasteiger charge is 2.20. The van der Waals surface area contributed by atoms with E-state index in [2.05, 4.69) is 43.5 Å². The molecule has 0 rings (SSSR count). The first-order valence-corrected chi connectivity index (χ1v) is 33.6. The Bertz CT molecular complexity index is 1150. The summed E-state index contributed by atoms with van der Waals surface area (Å²) < 4.78 is 5.48. The van der Waals surface area contributed by atoms with Crippen LogP contribution in [0.15, 0.2) is 24.3 Å². The number of aliphatic hydroxyl groups is 2. The number of nitrogens with one attached hydrogen (secondary N) is 1. The van der Waals surface area contributed by atoms with Crippen molar-refractivity contribution in [1.82, 2.24) is 5.32 Å². The number of hydrogen-bond acceptors (Lipinski definition) is 5. The fraction of sp³-hybridized carbons (Fsp3) is 0.912. The van der Waals surface area contributed by atoms with Gasteiger partial charge in [0.15, 0.2) is 0 Å². The summed E-state index contributed by atoms with van der Waals surface area (Å²) in [4.78, 5) is 24.6. The molecule has 1 amide bonds. The van der Waals surface area contributed by atoms with E-state index in [0.717, 1.165) is 51.4 Å². The zero-order valence-corrected chi connectivity index (χ0v) is 50.1. The number of ether oxygens (including phenoxy) is 1. The minimum absolute atomic E-state index is 0.00342. The number of unbranched alkanes of at least 4 members (excludes halogenated alkanes) is 48. The van der Waals surface area contributed by atoms with Crippen molar-refractivity contribution in [2.24, 2.45) is 0 Å².